The molecule has 7 heteroatoms. The zero-order valence-corrected chi connectivity index (χ0v) is 17.5. The molecule has 1 aliphatic rings. The molecule has 0 saturated heterocycles. The normalized spacial score (nSPS) is 13.9. The molecule has 1 atom stereocenters. The number of cyclic esters (lactones) is 1. The van der Waals surface area contributed by atoms with Crippen LogP contribution < -0.4 is 5.32 Å². The summed E-state index contributed by atoms with van der Waals surface area (Å²) in [5, 5.41) is 19.4. The summed E-state index contributed by atoms with van der Waals surface area (Å²) in [6.45, 7) is 3.13. The third kappa shape index (κ3) is 3.66. The van der Waals surface area contributed by atoms with E-state index in [9.17, 15) is 14.3 Å². The number of fused-ring (bicyclic) bond motifs is 2. The average Bonchev–Trinajstić information content (AvgIpc) is 3.38. The van der Waals surface area contributed by atoms with Gasteiger partial charge in [0.1, 0.15) is 12.4 Å². The Morgan fingerprint density at radius 3 is 2.81 bits per heavy atom. The van der Waals surface area contributed by atoms with E-state index in [0.29, 0.717) is 18.7 Å². The number of hydrogen-bond donors (Lipinski definition) is 2. The summed E-state index contributed by atoms with van der Waals surface area (Å²) >= 11 is 0. The topological polar surface area (TPSA) is 76.4 Å². The minimum Gasteiger partial charge on any atom is -0.457 e. The van der Waals surface area contributed by atoms with Crippen LogP contribution in [0.15, 0.2) is 60.8 Å². The monoisotopic (exact) mass is 431 g/mol. The molecule has 1 aromatic heterocycles. The number of benzene rings is 3. The van der Waals surface area contributed by atoms with E-state index in [-0.39, 0.29) is 18.4 Å². The number of aromatic nitrogens is 2. The van der Waals surface area contributed by atoms with Gasteiger partial charge in [-0.15, -0.1) is 0 Å². The van der Waals surface area contributed by atoms with Gasteiger partial charge in [-0.1, -0.05) is 12.1 Å². The molecule has 1 aliphatic heterocycles. The van der Waals surface area contributed by atoms with Crippen molar-refractivity contribution in [3.8, 4) is 5.69 Å². The summed E-state index contributed by atoms with van der Waals surface area (Å²) in [5.74, 6) is -0.585. The number of ether oxygens (including phenoxy) is 1. The maximum atomic E-state index is 13.2. The molecule has 1 unspecified atom stereocenters. The number of rotatable bonds is 6. The van der Waals surface area contributed by atoms with Crippen LogP contribution in [0.4, 0.5) is 4.39 Å². The molecule has 0 aliphatic carbocycles. The second-order valence-corrected chi connectivity index (χ2v) is 7.95. The minimum atomic E-state index is -0.694. The second kappa shape index (κ2) is 8.18. The smallest absolute Gasteiger partial charge is 0.338 e. The van der Waals surface area contributed by atoms with Crippen LogP contribution >= 0.6 is 0 Å². The molecule has 2 N–H and O–H groups in total. The number of halogens is 1. The van der Waals surface area contributed by atoms with Gasteiger partial charge in [-0.2, -0.15) is 5.10 Å². The molecule has 0 spiro atoms. The Morgan fingerprint density at radius 2 is 2.00 bits per heavy atom. The van der Waals surface area contributed by atoms with Crippen LogP contribution in [-0.2, 0) is 17.9 Å². The van der Waals surface area contributed by atoms with E-state index in [1.807, 2.05) is 25.1 Å². The summed E-state index contributed by atoms with van der Waals surface area (Å²) in [4.78, 5) is 11.7. The second-order valence-electron chi connectivity index (χ2n) is 7.95. The molecule has 0 bridgehead atoms. The van der Waals surface area contributed by atoms with Crippen molar-refractivity contribution in [2.45, 2.75) is 26.2 Å². The Bertz CT molecular complexity index is 1310. The zero-order chi connectivity index (χ0) is 22.2. The number of nitrogens with zero attached hydrogens (tertiary/aromatic N) is 2. The highest BCUT2D eigenvalue weighted by molar-refractivity contribution is 5.94. The van der Waals surface area contributed by atoms with Crippen LogP contribution in [0.3, 0.4) is 0 Å². The van der Waals surface area contributed by atoms with Gasteiger partial charge in [0.15, 0.2) is 0 Å². The van der Waals surface area contributed by atoms with Crippen molar-refractivity contribution < 1.29 is 19.0 Å². The minimum absolute atomic E-state index is 0.263. The lowest BCUT2D eigenvalue weighted by atomic mass is 9.95. The fourth-order valence-electron chi connectivity index (χ4n) is 4.17. The molecule has 0 saturated carbocycles. The molecule has 5 rings (SSSR count). The molecular formula is C25H22FN3O3. The van der Waals surface area contributed by atoms with E-state index < -0.39 is 6.10 Å². The van der Waals surface area contributed by atoms with Crippen molar-refractivity contribution >= 4 is 16.9 Å². The summed E-state index contributed by atoms with van der Waals surface area (Å²) in [7, 11) is 0. The predicted molar refractivity (Wildman–Crippen MR) is 118 cm³/mol. The summed E-state index contributed by atoms with van der Waals surface area (Å²) in [6.07, 6.45) is 1.09. The number of hydrogen-bond acceptors (Lipinski definition) is 5. The summed E-state index contributed by atoms with van der Waals surface area (Å²) < 4.78 is 20.1. The molecule has 162 valence electrons. The maximum Gasteiger partial charge on any atom is 0.338 e. The van der Waals surface area contributed by atoms with Crippen molar-refractivity contribution in [3.05, 3.63) is 94.4 Å². The number of aliphatic hydroxyl groups is 1. The van der Waals surface area contributed by atoms with E-state index in [4.69, 9.17) is 4.74 Å². The molecule has 0 amide bonds. The molecule has 0 radical (unpaired) electrons. The molecular weight excluding hydrogens is 409 g/mol. The standard InChI is InChI=1S/C25H22FN3O3/c1-15-20(7-8-21-22(15)14-32-25(21)31)24(30)13-27-11-16-2-9-23-17(10-16)12-28-29(23)19-5-3-18(26)4-6-19/h2-10,12,24,27,30H,11,13-14H2,1H3. The summed E-state index contributed by atoms with van der Waals surface area (Å²) in [5.41, 5.74) is 5.94. The quantitative estimate of drug-likeness (QED) is 0.452. The van der Waals surface area contributed by atoms with E-state index in [1.54, 1.807) is 35.1 Å². The van der Waals surface area contributed by atoms with Crippen LogP contribution in [0.5, 0.6) is 0 Å². The number of carbonyl (C=O) groups excluding carboxylic acids is 1. The highest BCUT2D eigenvalue weighted by Crippen LogP contribution is 2.29. The van der Waals surface area contributed by atoms with Crippen molar-refractivity contribution in [1.29, 1.82) is 0 Å². The Kier molecular flexibility index (Phi) is 5.20. The molecule has 32 heavy (non-hydrogen) atoms. The lowest BCUT2D eigenvalue weighted by Crippen LogP contribution is -2.22. The maximum absolute atomic E-state index is 13.2. The van der Waals surface area contributed by atoms with Gasteiger partial charge in [-0.3, -0.25) is 0 Å². The average molecular weight is 431 g/mol. The molecule has 3 aromatic carbocycles. The lowest BCUT2D eigenvalue weighted by Gasteiger charge is -2.16. The van der Waals surface area contributed by atoms with Gasteiger partial charge >= 0.3 is 5.97 Å². The molecule has 2 heterocycles. The SMILES string of the molecule is Cc1c(C(O)CNCc2ccc3c(cnn3-c3ccc(F)cc3)c2)ccc2c1COC2=O. The first kappa shape index (κ1) is 20.4. The zero-order valence-electron chi connectivity index (χ0n) is 17.5. The Balaban J connectivity index is 1.26. The third-order valence-corrected chi connectivity index (χ3v) is 5.94. The predicted octanol–water partition coefficient (Wildman–Crippen LogP) is 3.97. The van der Waals surface area contributed by atoms with Crippen LogP contribution in [0.2, 0.25) is 0 Å². The Hall–Kier alpha value is -3.55. The van der Waals surface area contributed by atoms with Crippen LogP contribution in [0.1, 0.15) is 38.7 Å². The Labute approximate surface area is 184 Å². The lowest BCUT2D eigenvalue weighted by molar-refractivity contribution is 0.0535. The largest absolute Gasteiger partial charge is 0.457 e. The van der Waals surface area contributed by atoms with Crippen LogP contribution in [0, 0.1) is 12.7 Å². The highest BCUT2D eigenvalue weighted by Gasteiger charge is 2.25. The van der Waals surface area contributed by atoms with E-state index in [0.717, 1.165) is 38.8 Å². The number of aliphatic hydroxyl groups excluding tert-OH is 1. The fraction of sp³-hybridized carbons (Fsp3) is 0.200. The van der Waals surface area contributed by atoms with E-state index in [2.05, 4.69) is 10.4 Å². The molecule has 4 aromatic rings. The van der Waals surface area contributed by atoms with Crippen molar-refractivity contribution in [3.63, 3.8) is 0 Å². The van der Waals surface area contributed by atoms with Crippen molar-refractivity contribution in [2.24, 2.45) is 0 Å². The first-order chi connectivity index (χ1) is 15.5. The van der Waals surface area contributed by atoms with Gasteiger partial charge in [0.2, 0.25) is 0 Å². The van der Waals surface area contributed by atoms with Gasteiger partial charge in [-0.05, 0) is 66.1 Å². The van der Waals surface area contributed by atoms with E-state index >= 15 is 0 Å². The number of esters is 1. The van der Waals surface area contributed by atoms with Gasteiger partial charge < -0.3 is 15.2 Å². The van der Waals surface area contributed by atoms with Crippen LogP contribution in [-0.4, -0.2) is 27.4 Å². The first-order valence-electron chi connectivity index (χ1n) is 10.4. The molecule has 6 nitrogen and oxygen atoms in total. The van der Waals surface area contributed by atoms with Crippen molar-refractivity contribution in [1.82, 2.24) is 15.1 Å². The van der Waals surface area contributed by atoms with Gasteiger partial charge in [0.25, 0.3) is 0 Å². The number of carbonyl (C=O) groups is 1. The van der Waals surface area contributed by atoms with Crippen LogP contribution in [0.25, 0.3) is 16.6 Å². The summed E-state index contributed by atoms with van der Waals surface area (Å²) in [6, 6.07) is 15.8. The fourth-order valence-corrected chi connectivity index (χ4v) is 4.17. The van der Waals surface area contributed by atoms with Gasteiger partial charge in [0, 0.05) is 24.0 Å². The first-order valence-corrected chi connectivity index (χ1v) is 10.4. The van der Waals surface area contributed by atoms with E-state index in [1.165, 1.54) is 12.1 Å². The third-order valence-electron chi connectivity index (χ3n) is 5.94. The number of nitrogens with one attached hydrogen (secondary N) is 1. The van der Waals surface area contributed by atoms with Gasteiger partial charge in [-0.25, -0.2) is 13.9 Å². The van der Waals surface area contributed by atoms with Gasteiger partial charge in [0.05, 0.1) is 29.1 Å². The molecule has 0 fully saturated rings. The van der Waals surface area contributed by atoms with Crippen molar-refractivity contribution in [2.75, 3.05) is 6.54 Å². The highest BCUT2D eigenvalue weighted by atomic mass is 19.1. The Morgan fingerprint density at radius 1 is 1.19 bits per heavy atom.